The van der Waals surface area contributed by atoms with Crippen LogP contribution in [-0.4, -0.2) is 56.1 Å². The number of methoxy groups -OCH3 is 1. The van der Waals surface area contributed by atoms with Crippen LogP contribution in [0.3, 0.4) is 0 Å². The van der Waals surface area contributed by atoms with Gasteiger partial charge in [0.1, 0.15) is 0 Å². The average Bonchev–Trinajstić information content (AvgIpc) is 3.26. The number of ether oxygens (including phenoxy) is 1. The van der Waals surface area contributed by atoms with Gasteiger partial charge in [0.2, 0.25) is 5.91 Å². The fourth-order valence-corrected chi connectivity index (χ4v) is 4.92. The molecule has 1 amide bonds. The smallest absolute Gasteiger partial charge is 0.222 e. The Bertz CT molecular complexity index is 602. The SMILES string of the molecule is COCCN(C)Cc1ccc(CC2CCN(C(=O)CCC3CCCC3)CC2)cc1. The summed E-state index contributed by atoms with van der Waals surface area (Å²) in [7, 11) is 3.88. The van der Waals surface area contributed by atoms with Crippen molar-refractivity contribution < 1.29 is 9.53 Å². The fraction of sp³-hybridized carbons (Fsp3) is 0.720. The molecule has 0 aromatic heterocycles. The van der Waals surface area contributed by atoms with E-state index in [4.69, 9.17) is 4.74 Å². The van der Waals surface area contributed by atoms with E-state index in [0.717, 1.165) is 70.8 Å². The molecule has 29 heavy (non-hydrogen) atoms. The molecule has 2 fully saturated rings. The van der Waals surface area contributed by atoms with Gasteiger partial charge in [0.05, 0.1) is 6.61 Å². The van der Waals surface area contributed by atoms with E-state index >= 15 is 0 Å². The molecule has 4 nitrogen and oxygen atoms in total. The van der Waals surface area contributed by atoms with Crippen molar-refractivity contribution in [2.24, 2.45) is 11.8 Å². The fourth-order valence-electron chi connectivity index (χ4n) is 4.92. The summed E-state index contributed by atoms with van der Waals surface area (Å²) in [5.41, 5.74) is 2.79. The maximum absolute atomic E-state index is 12.5. The quantitative estimate of drug-likeness (QED) is 0.579. The summed E-state index contributed by atoms with van der Waals surface area (Å²) in [5, 5.41) is 0. The highest BCUT2D eigenvalue weighted by atomic mass is 16.5. The average molecular weight is 401 g/mol. The van der Waals surface area contributed by atoms with E-state index in [1.807, 2.05) is 0 Å². The van der Waals surface area contributed by atoms with Crippen molar-refractivity contribution in [1.82, 2.24) is 9.80 Å². The molecule has 0 bridgehead atoms. The van der Waals surface area contributed by atoms with Crippen molar-refractivity contribution in [2.75, 3.05) is 40.4 Å². The number of nitrogens with zero attached hydrogens (tertiary/aromatic N) is 2. The third-order valence-electron chi connectivity index (χ3n) is 6.89. The van der Waals surface area contributed by atoms with Crippen molar-refractivity contribution in [1.29, 1.82) is 0 Å². The largest absolute Gasteiger partial charge is 0.383 e. The number of amides is 1. The lowest BCUT2D eigenvalue weighted by Crippen LogP contribution is -2.38. The third kappa shape index (κ3) is 7.42. The predicted molar refractivity (Wildman–Crippen MR) is 119 cm³/mol. The van der Waals surface area contributed by atoms with Gasteiger partial charge in [0.15, 0.2) is 0 Å². The van der Waals surface area contributed by atoms with Crippen LogP contribution in [0.5, 0.6) is 0 Å². The van der Waals surface area contributed by atoms with Crippen molar-refractivity contribution in [3.63, 3.8) is 0 Å². The van der Waals surface area contributed by atoms with Crippen molar-refractivity contribution in [2.45, 2.75) is 64.3 Å². The van der Waals surface area contributed by atoms with E-state index in [-0.39, 0.29) is 0 Å². The Balaban J connectivity index is 1.36. The van der Waals surface area contributed by atoms with E-state index in [2.05, 4.69) is 41.1 Å². The topological polar surface area (TPSA) is 32.8 Å². The summed E-state index contributed by atoms with van der Waals surface area (Å²) in [4.78, 5) is 16.9. The molecule has 162 valence electrons. The molecule has 1 aromatic carbocycles. The maximum atomic E-state index is 12.5. The minimum atomic E-state index is 0.400. The molecule has 1 aromatic rings. The van der Waals surface area contributed by atoms with E-state index in [1.54, 1.807) is 7.11 Å². The summed E-state index contributed by atoms with van der Waals surface area (Å²) in [6.07, 6.45) is 10.8. The molecule has 1 saturated heterocycles. The van der Waals surface area contributed by atoms with Gasteiger partial charge in [-0.15, -0.1) is 0 Å². The molecule has 3 rings (SSSR count). The minimum Gasteiger partial charge on any atom is -0.383 e. The minimum absolute atomic E-state index is 0.400. The molecule has 1 heterocycles. The Kier molecular flexibility index (Phi) is 9.00. The lowest BCUT2D eigenvalue weighted by atomic mass is 9.89. The van der Waals surface area contributed by atoms with E-state index in [9.17, 15) is 4.79 Å². The van der Waals surface area contributed by atoms with Crippen LogP contribution in [0.25, 0.3) is 0 Å². The molecule has 0 atom stereocenters. The summed E-state index contributed by atoms with van der Waals surface area (Å²) < 4.78 is 5.15. The molecule has 0 N–H and O–H groups in total. The van der Waals surface area contributed by atoms with Crippen LogP contribution in [0.2, 0.25) is 0 Å². The molecule has 2 aliphatic rings. The van der Waals surface area contributed by atoms with Gasteiger partial charge in [0.25, 0.3) is 0 Å². The van der Waals surface area contributed by atoms with Gasteiger partial charge in [-0.05, 0) is 55.7 Å². The molecule has 4 heteroatoms. The molecule has 0 spiro atoms. The van der Waals surface area contributed by atoms with E-state index in [0.29, 0.717) is 11.8 Å². The second-order valence-electron chi connectivity index (χ2n) is 9.26. The monoisotopic (exact) mass is 400 g/mol. The summed E-state index contributed by atoms with van der Waals surface area (Å²) >= 11 is 0. The zero-order valence-corrected chi connectivity index (χ0v) is 18.6. The Hall–Kier alpha value is -1.39. The van der Waals surface area contributed by atoms with Crippen LogP contribution in [0.15, 0.2) is 24.3 Å². The highest BCUT2D eigenvalue weighted by molar-refractivity contribution is 5.76. The Morgan fingerprint density at radius 1 is 1.03 bits per heavy atom. The second kappa shape index (κ2) is 11.7. The number of rotatable bonds is 10. The molecular formula is C25H40N2O2. The zero-order chi connectivity index (χ0) is 20.5. The van der Waals surface area contributed by atoms with Crippen LogP contribution in [0.4, 0.5) is 0 Å². The Morgan fingerprint density at radius 2 is 1.69 bits per heavy atom. The van der Waals surface area contributed by atoms with E-state index < -0.39 is 0 Å². The van der Waals surface area contributed by atoms with Crippen LogP contribution >= 0.6 is 0 Å². The number of carbonyl (C=O) groups excluding carboxylic acids is 1. The molecule has 1 aliphatic heterocycles. The van der Waals surface area contributed by atoms with Gasteiger partial charge in [-0.1, -0.05) is 49.9 Å². The third-order valence-corrected chi connectivity index (χ3v) is 6.89. The highest BCUT2D eigenvalue weighted by Crippen LogP contribution is 2.29. The molecule has 0 radical (unpaired) electrons. The summed E-state index contributed by atoms with van der Waals surface area (Å²) in [5.74, 6) is 1.93. The summed E-state index contributed by atoms with van der Waals surface area (Å²) in [6, 6.07) is 9.11. The van der Waals surface area contributed by atoms with Crippen LogP contribution in [0.1, 0.15) is 62.5 Å². The normalized spacial score (nSPS) is 18.7. The van der Waals surface area contributed by atoms with Crippen LogP contribution in [0, 0.1) is 11.8 Å². The highest BCUT2D eigenvalue weighted by Gasteiger charge is 2.24. The van der Waals surface area contributed by atoms with Crippen molar-refractivity contribution in [3.8, 4) is 0 Å². The second-order valence-corrected chi connectivity index (χ2v) is 9.26. The molecule has 1 aliphatic carbocycles. The van der Waals surface area contributed by atoms with Gasteiger partial charge in [-0.3, -0.25) is 9.69 Å². The van der Waals surface area contributed by atoms with E-state index in [1.165, 1.54) is 36.8 Å². The number of benzene rings is 1. The number of hydrogen-bond acceptors (Lipinski definition) is 3. The number of likely N-dealkylation sites (N-methyl/N-ethyl adjacent to an activating group) is 1. The molecule has 1 saturated carbocycles. The van der Waals surface area contributed by atoms with Gasteiger partial charge < -0.3 is 9.64 Å². The first-order valence-electron chi connectivity index (χ1n) is 11.7. The number of piperidine rings is 1. The van der Waals surface area contributed by atoms with Crippen molar-refractivity contribution >= 4 is 5.91 Å². The lowest BCUT2D eigenvalue weighted by molar-refractivity contribution is -0.132. The number of carbonyl (C=O) groups is 1. The van der Waals surface area contributed by atoms with Gasteiger partial charge in [-0.2, -0.15) is 0 Å². The number of likely N-dealkylation sites (tertiary alicyclic amines) is 1. The first-order chi connectivity index (χ1) is 14.1. The molecule has 0 unspecified atom stereocenters. The van der Waals surface area contributed by atoms with Gasteiger partial charge in [0, 0.05) is 39.7 Å². The van der Waals surface area contributed by atoms with Gasteiger partial charge >= 0.3 is 0 Å². The first-order valence-corrected chi connectivity index (χ1v) is 11.7. The first kappa shape index (κ1) is 22.3. The van der Waals surface area contributed by atoms with Crippen molar-refractivity contribution in [3.05, 3.63) is 35.4 Å². The zero-order valence-electron chi connectivity index (χ0n) is 18.6. The summed E-state index contributed by atoms with van der Waals surface area (Å²) in [6.45, 7) is 4.60. The number of hydrogen-bond donors (Lipinski definition) is 0. The van der Waals surface area contributed by atoms with Crippen LogP contribution in [-0.2, 0) is 22.5 Å². The standard InChI is InChI=1S/C25H40N2O2/c1-26(17-18-29-2)20-24-9-7-22(8-10-24)19-23-13-15-27(16-14-23)25(28)12-11-21-5-3-4-6-21/h7-10,21,23H,3-6,11-20H2,1-2H3. The molecular weight excluding hydrogens is 360 g/mol. The maximum Gasteiger partial charge on any atom is 0.222 e. The van der Waals surface area contributed by atoms with Gasteiger partial charge in [-0.25, -0.2) is 0 Å². The lowest BCUT2D eigenvalue weighted by Gasteiger charge is -2.32. The predicted octanol–water partition coefficient (Wildman–Crippen LogP) is 4.52. The Morgan fingerprint density at radius 3 is 2.34 bits per heavy atom. The van der Waals surface area contributed by atoms with Crippen LogP contribution < -0.4 is 0 Å². The Labute approximate surface area is 177 Å².